The Hall–Kier alpha value is -1.52. The third-order valence-corrected chi connectivity index (χ3v) is 1.21. The fraction of sp³-hybridized carbons (Fsp3) is 0.333. The number of rotatable bonds is 1. The van der Waals surface area contributed by atoms with E-state index in [0.717, 1.165) is 5.56 Å². The van der Waals surface area contributed by atoms with Crippen molar-refractivity contribution < 1.29 is 9.32 Å². The lowest BCUT2D eigenvalue weighted by Crippen LogP contribution is -2.24. The smallest absolute Gasteiger partial charge is 0.320 e. The second-order valence-corrected chi connectivity index (χ2v) is 2.05. The molecule has 0 aliphatic carbocycles. The molecule has 0 bridgehead atoms. The van der Waals surface area contributed by atoms with Gasteiger partial charge in [0.05, 0.1) is 0 Å². The van der Waals surface area contributed by atoms with Crippen molar-refractivity contribution in [3.63, 3.8) is 0 Å². The van der Waals surface area contributed by atoms with Crippen LogP contribution in [0.1, 0.15) is 5.56 Å². The Morgan fingerprint density at radius 2 is 2.45 bits per heavy atom. The summed E-state index contributed by atoms with van der Waals surface area (Å²) in [5.41, 5.74) is 0.800. The number of urea groups is 1. The molecule has 5 heteroatoms. The van der Waals surface area contributed by atoms with Crippen LogP contribution in [0.5, 0.6) is 0 Å². The van der Waals surface area contributed by atoms with E-state index in [9.17, 15) is 4.79 Å². The summed E-state index contributed by atoms with van der Waals surface area (Å²) in [6, 6.07) is -0.304. The second-order valence-electron chi connectivity index (χ2n) is 2.05. The molecular weight excluding hydrogens is 146 g/mol. The second kappa shape index (κ2) is 3.05. The zero-order valence-electron chi connectivity index (χ0n) is 6.34. The van der Waals surface area contributed by atoms with Gasteiger partial charge in [0.1, 0.15) is 6.26 Å². The third-order valence-electron chi connectivity index (χ3n) is 1.21. The van der Waals surface area contributed by atoms with Gasteiger partial charge in [-0.2, -0.15) is 0 Å². The predicted octanol–water partition coefficient (Wildman–Crippen LogP) is 0.734. The monoisotopic (exact) mass is 155 g/mol. The average molecular weight is 155 g/mol. The molecule has 0 atom stereocenters. The fourth-order valence-corrected chi connectivity index (χ4v) is 0.577. The Bertz CT molecular complexity index is 256. The molecule has 0 saturated heterocycles. The highest BCUT2D eigenvalue weighted by molar-refractivity contribution is 5.88. The number of carbonyl (C=O) groups excluding carboxylic acids is 1. The highest BCUT2D eigenvalue weighted by atomic mass is 16.5. The van der Waals surface area contributed by atoms with E-state index in [1.54, 1.807) is 6.92 Å². The van der Waals surface area contributed by atoms with Gasteiger partial charge in [-0.15, -0.1) is 0 Å². The van der Waals surface area contributed by atoms with Crippen molar-refractivity contribution >= 4 is 11.8 Å². The quantitative estimate of drug-likeness (QED) is 0.628. The molecule has 1 aromatic heterocycles. The number of aryl methyl sites for hydroxylation is 1. The molecule has 0 saturated carbocycles. The molecular formula is C6H9N3O2. The summed E-state index contributed by atoms with van der Waals surface area (Å²) < 4.78 is 4.60. The van der Waals surface area contributed by atoms with Crippen LogP contribution in [0.2, 0.25) is 0 Å². The molecule has 0 unspecified atom stereocenters. The van der Waals surface area contributed by atoms with Crippen molar-refractivity contribution in [2.45, 2.75) is 6.92 Å². The first-order valence-corrected chi connectivity index (χ1v) is 3.13. The number of hydrogen-bond donors (Lipinski definition) is 2. The average Bonchev–Trinajstić information content (AvgIpc) is 2.37. The first kappa shape index (κ1) is 7.59. The van der Waals surface area contributed by atoms with Gasteiger partial charge in [0, 0.05) is 12.6 Å². The summed E-state index contributed by atoms with van der Waals surface area (Å²) in [6.45, 7) is 1.79. The van der Waals surface area contributed by atoms with E-state index in [-0.39, 0.29) is 6.03 Å². The van der Waals surface area contributed by atoms with E-state index in [1.807, 2.05) is 0 Å². The van der Waals surface area contributed by atoms with E-state index in [1.165, 1.54) is 13.3 Å². The molecule has 11 heavy (non-hydrogen) atoms. The van der Waals surface area contributed by atoms with Crippen LogP contribution in [0, 0.1) is 6.92 Å². The first-order chi connectivity index (χ1) is 5.24. The standard InChI is InChI=1S/C6H9N3O2/c1-4-3-11-9-5(4)8-6(10)7-2/h3H,1-2H3,(H2,7,8,9,10). The van der Waals surface area contributed by atoms with Crippen LogP contribution in [0.25, 0.3) is 0 Å². The van der Waals surface area contributed by atoms with E-state index in [2.05, 4.69) is 20.3 Å². The summed E-state index contributed by atoms with van der Waals surface area (Å²) in [5, 5.41) is 8.44. The number of anilines is 1. The molecule has 0 aliphatic rings. The van der Waals surface area contributed by atoms with Crippen LogP contribution < -0.4 is 10.6 Å². The topological polar surface area (TPSA) is 67.2 Å². The Balaban J connectivity index is 2.64. The Morgan fingerprint density at radius 3 is 2.91 bits per heavy atom. The largest absolute Gasteiger partial charge is 0.362 e. The number of nitrogens with zero attached hydrogens (tertiary/aromatic N) is 1. The summed E-state index contributed by atoms with van der Waals surface area (Å²) in [6.07, 6.45) is 1.46. The van der Waals surface area contributed by atoms with Crippen LogP contribution in [-0.2, 0) is 0 Å². The molecule has 1 heterocycles. The highest BCUT2D eigenvalue weighted by Crippen LogP contribution is 2.09. The predicted molar refractivity (Wildman–Crippen MR) is 39.3 cm³/mol. The number of hydrogen-bond acceptors (Lipinski definition) is 3. The maximum Gasteiger partial charge on any atom is 0.320 e. The highest BCUT2D eigenvalue weighted by Gasteiger charge is 2.04. The summed E-state index contributed by atoms with van der Waals surface area (Å²) in [7, 11) is 1.53. The Morgan fingerprint density at radius 1 is 1.73 bits per heavy atom. The van der Waals surface area contributed by atoms with Gasteiger partial charge in [-0.05, 0) is 6.92 Å². The van der Waals surface area contributed by atoms with Crippen LogP contribution in [0.3, 0.4) is 0 Å². The molecule has 1 rings (SSSR count). The minimum Gasteiger partial charge on any atom is -0.362 e. The number of nitrogens with one attached hydrogen (secondary N) is 2. The van der Waals surface area contributed by atoms with Crippen LogP contribution >= 0.6 is 0 Å². The summed E-state index contributed by atoms with van der Waals surface area (Å²) >= 11 is 0. The molecule has 0 fully saturated rings. The molecule has 0 radical (unpaired) electrons. The van der Waals surface area contributed by atoms with Gasteiger partial charge in [0.2, 0.25) is 0 Å². The SMILES string of the molecule is CNC(=O)Nc1nocc1C. The lowest BCUT2D eigenvalue weighted by Gasteiger charge is -1.98. The molecule has 2 N–H and O–H groups in total. The number of carbonyl (C=O) groups is 1. The van der Waals surface area contributed by atoms with Gasteiger partial charge in [-0.1, -0.05) is 5.16 Å². The minimum absolute atomic E-state index is 0.304. The van der Waals surface area contributed by atoms with Crippen LogP contribution in [0.15, 0.2) is 10.8 Å². The maximum absolute atomic E-state index is 10.7. The van der Waals surface area contributed by atoms with Gasteiger partial charge in [0.25, 0.3) is 0 Å². The zero-order chi connectivity index (χ0) is 8.27. The zero-order valence-corrected chi connectivity index (χ0v) is 6.34. The fourth-order valence-electron chi connectivity index (χ4n) is 0.577. The lowest BCUT2D eigenvalue weighted by atomic mass is 10.4. The van der Waals surface area contributed by atoms with Crippen molar-refractivity contribution in [3.05, 3.63) is 11.8 Å². The molecule has 0 aliphatic heterocycles. The lowest BCUT2D eigenvalue weighted by molar-refractivity contribution is 0.253. The Kier molecular flexibility index (Phi) is 2.10. The van der Waals surface area contributed by atoms with Gasteiger partial charge in [0.15, 0.2) is 5.82 Å². The molecule has 0 spiro atoms. The van der Waals surface area contributed by atoms with Gasteiger partial charge in [-0.3, -0.25) is 5.32 Å². The third kappa shape index (κ3) is 1.70. The van der Waals surface area contributed by atoms with E-state index >= 15 is 0 Å². The summed E-state index contributed by atoms with van der Waals surface area (Å²) in [4.78, 5) is 10.7. The maximum atomic E-state index is 10.7. The van der Waals surface area contributed by atoms with Crippen molar-refractivity contribution in [1.29, 1.82) is 0 Å². The number of amides is 2. The van der Waals surface area contributed by atoms with E-state index < -0.39 is 0 Å². The minimum atomic E-state index is -0.304. The van der Waals surface area contributed by atoms with Crippen molar-refractivity contribution in [2.75, 3.05) is 12.4 Å². The first-order valence-electron chi connectivity index (χ1n) is 3.13. The van der Waals surface area contributed by atoms with Crippen molar-refractivity contribution in [1.82, 2.24) is 10.5 Å². The van der Waals surface area contributed by atoms with Crippen LogP contribution in [-0.4, -0.2) is 18.2 Å². The van der Waals surface area contributed by atoms with E-state index in [0.29, 0.717) is 5.82 Å². The Labute approximate surface area is 63.8 Å². The van der Waals surface area contributed by atoms with Gasteiger partial charge in [-0.25, -0.2) is 4.79 Å². The molecule has 60 valence electrons. The molecule has 1 aromatic rings. The van der Waals surface area contributed by atoms with E-state index in [4.69, 9.17) is 0 Å². The van der Waals surface area contributed by atoms with Gasteiger partial charge >= 0.3 is 6.03 Å². The van der Waals surface area contributed by atoms with Crippen molar-refractivity contribution in [2.24, 2.45) is 0 Å². The number of aromatic nitrogens is 1. The van der Waals surface area contributed by atoms with Crippen molar-refractivity contribution in [3.8, 4) is 0 Å². The summed E-state index contributed by atoms with van der Waals surface area (Å²) in [5.74, 6) is 0.448. The van der Waals surface area contributed by atoms with Gasteiger partial charge < -0.3 is 9.84 Å². The molecule has 5 nitrogen and oxygen atoms in total. The molecule has 0 aromatic carbocycles. The van der Waals surface area contributed by atoms with Crippen LogP contribution in [0.4, 0.5) is 10.6 Å². The normalized spacial score (nSPS) is 9.27. The molecule has 2 amide bonds.